The molecular formula is C7H8F6O. The van der Waals surface area contributed by atoms with Crippen LogP contribution in [0.1, 0.15) is 12.8 Å². The van der Waals surface area contributed by atoms with Gasteiger partial charge in [0.15, 0.2) is 5.92 Å². The Kier molecular flexibility index (Phi) is 2.50. The van der Waals surface area contributed by atoms with E-state index in [1.807, 2.05) is 0 Å². The van der Waals surface area contributed by atoms with E-state index in [0.717, 1.165) is 0 Å². The number of alkyl halides is 6. The van der Waals surface area contributed by atoms with Crippen LogP contribution >= 0.6 is 0 Å². The predicted molar refractivity (Wildman–Crippen MR) is 34.4 cm³/mol. The van der Waals surface area contributed by atoms with E-state index in [-0.39, 0.29) is 12.8 Å². The highest BCUT2D eigenvalue weighted by Gasteiger charge is 2.70. The van der Waals surface area contributed by atoms with Crippen LogP contribution in [0.5, 0.6) is 0 Å². The summed E-state index contributed by atoms with van der Waals surface area (Å²) in [5.41, 5.74) is -2.02. The summed E-state index contributed by atoms with van der Waals surface area (Å²) >= 11 is 0. The second-order valence-electron chi connectivity index (χ2n) is 3.54. The normalized spacial score (nSPS) is 21.4. The van der Waals surface area contributed by atoms with Crippen molar-refractivity contribution >= 4 is 0 Å². The van der Waals surface area contributed by atoms with E-state index in [4.69, 9.17) is 5.11 Å². The van der Waals surface area contributed by atoms with Crippen LogP contribution in [0.3, 0.4) is 0 Å². The smallest absolute Gasteiger partial charge is 0.396 e. The lowest BCUT2D eigenvalue weighted by Gasteiger charge is -2.29. The maximum Gasteiger partial charge on any atom is 0.401 e. The van der Waals surface area contributed by atoms with Gasteiger partial charge < -0.3 is 5.11 Å². The molecule has 0 saturated heterocycles. The maximum atomic E-state index is 12.1. The third-order valence-corrected chi connectivity index (χ3v) is 2.47. The van der Waals surface area contributed by atoms with Gasteiger partial charge in [0.05, 0.1) is 0 Å². The molecule has 0 aliphatic heterocycles. The van der Waals surface area contributed by atoms with Gasteiger partial charge in [-0.25, -0.2) is 0 Å². The van der Waals surface area contributed by atoms with Gasteiger partial charge >= 0.3 is 12.4 Å². The van der Waals surface area contributed by atoms with Crippen molar-refractivity contribution in [3.05, 3.63) is 0 Å². The van der Waals surface area contributed by atoms with Gasteiger partial charge in [0.25, 0.3) is 0 Å². The average molecular weight is 222 g/mol. The molecule has 0 aromatic heterocycles. The van der Waals surface area contributed by atoms with Gasteiger partial charge in [0, 0.05) is 12.0 Å². The summed E-state index contributed by atoms with van der Waals surface area (Å²) in [6, 6.07) is 0. The van der Waals surface area contributed by atoms with Crippen molar-refractivity contribution in [2.24, 2.45) is 11.3 Å². The summed E-state index contributed by atoms with van der Waals surface area (Å²) in [5, 5.41) is 8.55. The molecule has 7 heteroatoms. The molecule has 1 N–H and O–H groups in total. The van der Waals surface area contributed by atoms with E-state index in [1.54, 1.807) is 0 Å². The minimum Gasteiger partial charge on any atom is -0.396 e. The monoisotopic (exact) mass is 222 g/mol. The number of rotatable bonds is 2. The Morgan fingerprint density at radius 2 is 1.36 bits per heavy atom. The molecule has 1 fully saturated rings. The van der Waals surface area contributed by atoms with Crippen molar-refractivity contribution in [1.82, 2.24) is 0 Å². The van der Waals surface area contributed by atoms with Gasteiger partial charge in [-0.05, 0) is 12.8 Å². The highest BCUT2D eigenvalue weighted by atomic mass is 19.4. The summed E-state index contributed by atoms with van der Waals surface area (Å²) < 4.78 is 72.6. The largest absolute Gasteiger partial charge is 0.401 e. The fourth-order valence-electron chi connectivity index (χ4n) is 1.58. The van der Waals surface area contributed by atoms with Crippen molar-refractivity contribution in [2.45, 2.75) is 25.2 Å². The first-order chi connectivity index (χ1) is 6.13. The third kappa shape index (κ3) is 1.97. The molecule has 14 heavy (non-hydrogen) atoms. The Morgan fingerprint density at radius 1 is 1.00 bits per heavy atom. The van der Waals surface area contributed by atoms with E-state index < -0.39 is 30.3 Å². The second-order valence-corrected chi connectivity index (χ2v) is 3.54. The van der Waals surface area contributed by atoms with Crippen molar-refractivity contribution in [1.29, 1.82) is 0 Å². The molecule has 1 saturated carbocycles. The van der Waals surface area contributed by atoms with Crippen LogP contribution in [0.15, 0.2) is 0 Å². The Morgan fingerprint density at radius 3 is 1.43 bits per heavy atom. The van der Waals surface area contributed by atoms with Crippen LogP contribution in [-0.4, -0.2) is 24.1 Å². The first-order valence-corrected chi connectivity index (χ1v) is 3.88. The molecule has 0 radical (unpaired) electrons. The molecule has 1 rings (SSSR count). The Labute approximate surface area is 75.7 Å². The first kappa shape index (κ1) is 11.6. The first-order valence-electron chi connectivity index (χ1n) is 3.88. The van der Waals surface area contributed by atoms with Crippen LogP contribution in [0.25, 0.3) is 0 Å². The van der Waals surface area contributed by atoms with Crippen LogP contribution in [0, 0.1) is 11.3 Å². The molecule has 1 aliphatic rings. The van der Waals surface area contributed by atoms with Gasteiger partial charge in [-0.3, -0.25) is 0 Å². The molecule has 0 spiro atoms. The lowest BCUT2D eigenvalue weighted by atomic mass is 9.88. The number of aliphatic hydroxyl groups is 1. The summed E-state index contributed by atoms with van der Waals surface area (Å²) in [6.45, 7) is -1.07. The van der Waals surface area contributed by atoms with E-state index in [9.17, 15) is 26.3 Å². The summed E-state index contributed by atoms with van der Waals surface area (Å²) in [7, 11) is 0. The minimum atomic E-state index is -5.34. The van der Waals surface area contributed by atoms with Crippen molar-refractivity contribution < 1.29 is 31.4 Å². The zero-order valence-corrected chi connectivity index (χ0v) is 6.91. The topological polar surface area (TPSA) is 20.2 Å². The molecular weight excluding hydrogens is 214 g/mol. The highest BCUT2D eigenvalue weighted by molar-refractivity contribution is 5.03. The molecule has 0 unspecified atom stereocenters. The second kappa shape index (κ2) is 3.01. The predicted octanol–water partition coefficient (Wildman–Crippen LogP) is 2.50. The minimum absolute atomic E-state index is 0.229. The van der Waals surface area contributed by atoms with Gasteiger partial charge in [-0.2, -0.15) is 26.3 Å². The lowest BCUT2D eigenvalue weighted by molar-refractivity contribution is -0.306. The van der Waals surface area contributed by atoms with E-state index >= 15 is 0 Å². The Balaban J connectivity index is 2.95. The molecule has 1 aliphatic carbocycles. The van der Waals surface area contributed by atoms with Crippen LogP contribution in [0.2, 0.25) is 0 Å². The average Bonchev–Trinajstić information content (AvgIpc) is 2.62. The zero-order chi connectivity index (χ0) is 11.2. The summed E-state index contributed by atoms with van der Waals surface area (Å²) in [4.78, 5) is 0. The summed E-state index contributed by atoms with van der Waals surface area (Å²) in [5.74, 6) is -3.40. The quantitative estimate of drug-likeness (QED) is 0.711. The zero-order valence-electron chi connectivity index (χ0n) is 6.91. The lowest BCUT2D eigenvalue weighted by Crippen LogP contribution is -2.44. The number of hydrogen-bond donors (Lipinski definition) is 1. The SMILES string of the molecule is OCC1(C(C(F)(F)F)C(F)(F)F)CC1. The van der Waals surface area contributed by atoms with E-state index in [2.05, 4.69) is 0 Å². The Bertz CT molecular complexity index is 199. The number of aliphatic hydroxyl groups excluding tert-OH is 1. The van der Waals surface area contributed by atoms with Crippen LogP contribution < -0.4 is 0 Å². The molecule has 0 bridgehead atoms. The summed E-state index contributed by atoms with van der Waals surface area (Å²) in [6.07, 6.45) is -11.1. The molecule has 0 aromatic carbocycles. The fraction of sp³-hybridized carbons (Fsp3) is 1.00. The van der Waals surface area contributed by atoms with Crippen LogP contribution in [-0.2, 0) is 0 Å². The fourth-order valence-corrected chi connectivity index (χ4v) is 1.58. The van der Waals surface area contributed by atoms with Gasteiger partial charge in [0.1, 0.15) is 0 Å². The van der Waals surface area contributed by atoms with Gasteiger partial charge in [0.2, 0.25) is 0 Å². The molecule has 1 nitrogen and oxygen atoms in total. The van der Waals surface area contributed by atoms with Gasteiger partial charge in [-0.1, -0.05) is 0 Å². The van der Waals surface area contributed by atoms with Crippen LogP contribution in [0.4, 0.5) is 26.3 Å². The standard InChI is InChI=1S/C7H8F6O/c8-6(9,10)4(7(11,12)13)5(3-14)1-2-5/h4,14H,1-3H2. The van der Waals surface area contributed by atoms with Gasteiger partial charge in [-0.15, -0.1) is 0 Å². The molecule has 0 amide bonds. The van der Waals surface area contributed by atoms with E-state index in [1.165, 1.54) is 0 Å². The van der Waals surface area contributed by atoms with E-state index in [0.29, 0.717) is 0 Å². The molecule has 0 aromatic rings. The maximum absolute atomic E-state index is 12.1. The highest BCUT2D eigenvalue weighted by Crippen LogP contribution is 2.61. The molecule has 84 valence electrons. The van der Waals surface area contributed by atoms with Crippen molar-refractivity contribution in [3.8, 4) is 0 Å². The van der Waals surface area contributed by atoms with Crippen molar-refractivity contribution in [2.75, 3.05) is 6.61 Å². The number of halogens is 6. The third-order valence-electron chi connectivity index (χ3n) is 2.47. The Hall–Kier alpha value is -0.460. The molecule has 0 heterocycles. The van der Waals surface area contributed by atoms with Crippen molar-refractivity contribution in [3.63, 3.8) is 0 Å². The number of hydrogen-bond acceptors (Lipinski definition) is 1. The molecule has 0 atom stereocenters.